The van der Waals surface area contributed by atoms with Crippen LogP contribution in [-0.4, -0.2) is 50.7 Å². The highest BCUT2D eigenvalue weighted by Crippen LogP contribution is 2.32. The third-order valence-electron chi connectivity index (χ3n) is 7.78. The molecular formula is C34H37F3N6O2S. The molecular weight excluding hydrogens is 613 g/mol. The molecule has 1 N–H and O–H groups in total. The predicted octanol–water partition coefficient (Wildman–Crippen LogP) is 8.06. The van der Waals surface area contributed by atoms with Crippen LogP contribution >= 0.6 is 11.8 Å². The molecule has 0 aliphatic carbocycles. The van der Waals surface area contributed by atoms with E-state index in [0.29, 0.717) is 24.0 Å². The molecule has 8 nitrogen and oxygen atoms in total. The zero-order valence-corrected chi connectivity index (χ0v) is 26.8. The van der Waals surface area contributed by atoms with Gasteiger partial charge in [0.25, 0.3) is 0 Å². The summed E-state index contributed by atoms with van der Waals surface area (Å²) in [6.07, 6.45) is 0.365. The molecule has 12 heteroatoms. The molecule has 5 rings (SSSR count). The van der Waals surface area contributed by atoms with E-state index in [1.54, 1.807) is 11.8 Å². The van der Waals surface area contributed by atoms with E-state index >= 15 is 0 Å². The van der Waals surface area contributed by atoms with Crippen LogP contribution in [0.5, 0.6) is 5.75 Å². The van der Waals surface area contributed by atoms with Gasteiger partial charge in [-0.2, -0.15) is 4.99 Å². The number of amidine groups is 1. The number of carbonyl (C=O) groups is 1. The van der Waals surface area contributed by atoms with Gasteiger partial charge in [0.1, 0.15) is 12.1 Å². The molecule has 2 amide bonds. The number of carbonyl (C=O) groups excluding carboxylic acids is 1. The van der Waals surface area contributed by atoms with Gasteiger partial charge in [-0.3, -0.25) is 0 Å². The predicted molar refractivity (Wildman–Crippen MR) is 177 cm³/mol. The normalized spacial score (nSPS) is 16.8. The monoisotopic (exact) mass is 650 g/mol. The van der Waals surface area contributed by atoms with Gasteiger partial charge in [0, 0.05) is 29.6 Å². The summed E-state index contributed by atoms with van der Waals surface area (Å²) < 4.78 is 42.7. The number of para-hydroxylation sites is 1. The van der Waals surface area contributed by atoms with E-state index in [0.717, 1.165) is 53.4 Å². The molecule has 0 spiro atoms. The van der Waals surface area contributed by atoms with Crippen molar-refractivity contribution in [3.8, 4) is 22.8 Å². The number of ether oxygens (including phenoxy) is 1. The number of aliphatic imine (C=N–C) groups is 1. The highest BCUT2D eigenvalue weighted by atomic mass is 32.2. The smallest absolute Gasteiger partial charge is 0.406 e. The Hall–Kier alpha value is -4.32. The molecule has 0 saturated carbocycles. The zero-order valence-electron chi connectivity index (χ0n) is 26.0. The second-order valence-corrected chi connectivity index (χ2v) is 12.4. The largest absolute Gasteiger partial charge is 0.573 e. The number of hydrogen-bond acceptors (Lipinski definition) is 5. The van der Waals surface area contributed by atoms with Crippen LogP contribution in [0.25, 0.3) is 17.1 Å². The van der Waals surface area contributed by atoms with Gasteiger partial charge in [0.05, 0.1) is 5.69 Å². The van der Waals surface area contributed by atoms with Crippen molar-refractivity contribution >= 4 is 28.6 Å². The molecule has 1 aliphatic rings. The van der Waals surface area contributed by atoms with Gasteiger partial charge < -0.3 is 15.0 Å². The molecule has 1 saturated heterocycles. The number of alkyl halides is 3. The molecule has 2 unspecified atom stereocenters. The van der Waals surface area contributed by atoms with Crippen molar-refractivity contribution < 1.29 is 22.7 Å². The van der Waals surface area contributed by atoms with Crippen LogP contribution in [0, 0.1) is 5.92 Å². The zero-order chi connectivity index (χ0) is 32.7. The molecule has 2 heterocycles. The van der Waals surface area contributed by atoms with Crippen LogP contribution in [0.15, 0.2) is 84.1 Å². The van der Waals surface area contributed by atoms with Crippen molar-refractivity contribution in [1.29, 1.82) is 0 Å². The summed E-state index contributed by atoms with van der Waals surface area (Å²) >= 11 is 1.63. The maximum absolute atomic E-state index is 12.8. The van der Waals surface area contributed by atoms with E-state index in [-0.39, 0.29) is 17.8 Å². The number of nitrogens with zero attached hydrogens (tertiary/aromatic N) is 5. The highest BCUT2D eigenvalue weighted by Gasteiger charge is 2.31. The van der Waals surface area contributed by atoms with Gasteiger partial charge in [0.2, 0.25) is 0 Å². The standard InChI is InChI=1S/C34H37F3N6O2S/c1-4-26-7-5-6-8-30(26)43-24(3)18-20-46-33(43)40-32(44)38-19-17-23(2)21-25-9-11-27(12-10-25)31-39-22-42(41-31)28-13-15-29(16-14-28)45-34(35,36)37/h5-16,22-24H,4,17-21H2,1-3H3,(H,38,44)/b40-33-. The fraction of sp³-hybridized carbons (Fsp3) is 0.353. The summed E-state index contributed by atoms with van der Waals surface area (Å²) in [6.45, 7) is 7.01. The number of amides is 2. The van der Waals surface area contributed by atoms with Crippen molar-refractivity contribution in [2.75, 3.05) is 17.2 Å². The summed E-state index contributed by atoms with van der Waals surface area (Å²) in [5.74, 6) is 1.47. The maximum Gasteiger partial charge on any atom is 0.573 e. The Labute approximate surface area is 271 Å². The highest BCUT2D eigenvalue weighted by molar-refractivity contribution is 8.14. The van der Waals surface area contributed by atoms with E-state index in [4.69, 9.17) is 0 Å². The minimum absolute atomic E-state index is 0.265. The first kappa shape index (κ1) is 33.1. The molecule has 4 aromatic rings. The van der Waals surface area contributed by atoms with E-state index in [1.807, 2.05) is 36.4 Å². The Bertz CT molecular complexity index is 1640. The molecule has 3 aromatic carbocycles. The number of halogens is 3. The second kappa shape index (κ2) is 14.8. The average molecular weight is 651 g/mol. The number of anilines is 1. The SMILES string of the molecule is CCc1ccccc1N1/C(=N/C(=O)NCCC(C)Cc2ccc(-c3ncn(-c4ccc(OC(F)(F)F)cc4)n3)cc2)SCCC1C. The second-order valence-electron chi connectivity index (χ2n) is 11.3. The Balaban J connectivity index is 1.12. The Morgan fingerprint density at radius 2 is 1.85 bits per heavy atom. The van der Waals surface area contributed by atoms with E-state index < -0.39 is 6.36 Å². The topological polar surface area (TPSA) is 84.6 Å². The third-order valence-corrected chi connectivity index (χ3v) is 8.77. The number of aromatic nitrogens is 3. The van der Waals surface area contributed by atoms with Gasteiger partial charge in [-0.1, -0.05) is 68.1 Å². The lowest BCUT2D eigenvalue weighted by molar-refractivity contribution is -0.274. The molecule has 1 fully saturated rings. The summed E-state index contributed by atoms with van der Waals surface area (Å²) in [5, 5.41) is 8.19. The molecule has 1 aliphatic heterocycles. The van der Waals surface area contributed by atoms with Crippen LogP contribution in [-0.2, 0) is 12.8 Å². The van der Waals surface area contributed by atoms with Crippen molar-refractivity contribution in [3.05, 3.63) is 90.3 Å². The van der Waals surface area contributed by atoms with Crippen LogP contribution < -0.4 is 15.0 Å². The lowest BCUT2D eigenvalue weighted by Gasteiger charge is -2.36. The number of benzene rings is 3. The van der Waals surface area contributed by atoms with Gasteiger partial charge in [0.15, 0.2) is 11.0 Å². The number of rotatable bonds is 10. The van der Waals surface area contributed by atoms with Crippen LogP contribution in [0.2, 0.25) is 0 Å². The number of thioether (sulfide) groups is 1. The van der Waals surface area contributed by atoms with Gasteiger partial charge in [-0.25, -0.2) is 14.5 Å². The number of aryl methyl sites for hydroxylation is 1. The first-order chi connectivity index (χ1) is 22.1. The summed E-state index contributed by atoms with van der Waals surface area (Å²) in [7, 11) is 0. The summed E-state index contributed by atoms with van der Waals surface area (Å²) in [4.78, 5) is 23.8. The summed E-state index contributed by atoms with van der Waals surface area (Å²) in [6, 6.07) is 21.7. The lowest BCUT2D eigenvalue weighted by atomic mass is 9.97. The fourth-order valence-electron chi connectivity index (χ4n) is 5.35. The van der Waals surface area contributed by atoms with E-state index in [2.05, 4.69) is 62.9 Å². The fourth-order valence-corrected chi connectivity index (χ4v) is 6.55. The quantitative estimate of drug-likeness (QED) is 0.187. The molecule has 242 valence electrons. The Morgan fingerprint density at radius 1 is 1.11 bits per heavy atom. The Morgan fingerprint density at radius 3 is 2.57 bits per heavy atom. The number of urea groups is 1. The van der Waals surface area contributed by atoms with Crippen molar-refractivity contribution in [2.24, 2.45) is 10.9 Å². The molecule has 0 bridgehead atoms. The Kier molecular flexibility index (Phi) is 10.7. The lowest BCUT2D eigenvalue weighted by Crippen LogP contribution is -2.42. The first-order valence-electron chi connectivity index (χ1n) is 15.3. The van der Waals surface area contributed by atoms with Crippen molar-refractivity contribution in [1.82, 2.24) is 20.1 Å². The minimum Gasteiger partial charge on any atom is -0.406 e. The van der Waals surface area contributed by atoms with Crippen LogP contribution in [0.3, 0.4) is 0 Å². The minimum atomic E-state index is -4.74. The molecule has 0 radical (unpaired) electrons. The summed E-state index contributed by atoms with van der Waals surface area (Å²) in [5.41, 5.74) is 4.89. The van der Waals surface area contributed by atoms with Crippen LogP contribution in [0.1, 0.15) is 44.7 Å². The van der Waals surface area contributed by atoms with Crippen molar-refractivity contribution in [2.45, 2.75) is 58.9 Å². The van der Waals surface area contributed by atoms with Gasteiger partial charge in [-0.05, 0) is 80.0 Å². The number of nitrogens with one attached hydrogen (secondary N) is 1. The number of hydrogen-bond donors (Lipinski definition) is 1. The van der Waals surface area contributed by atoms with Gasteiger partial charge in [-0.15, -0.1) is 18.3 Å². The van der Waals surface area contributed by atoms with Crippen LogP contribution in [0.4, 0.5) is 23.7 Å². The van der Waals surface area contributed by atoms with Crippen molar-refractivity contribution in [3.63, 3.8) is 0 Å². The third kappa shape index (κ3) is 8.68. The molecule has 1 aromatic heterocycles. The molecule has 2 atom stereocenters. The van der Waals surface area contributed by atoms with E-state index in [9.17, 15) is 18.0 Å². The molecule has 46 heavy (non-hydrogen) atoms. The maximum atomic E-state index is 12.8. The van der Waals surface area contributed by atoms with E-state index in [1.165, 1.54) is 40.8 Å². The average Bonchev–Trinajstić information content (AvgIpc) is 3.52. The first-order valence-corrected chi connectivity index (χ1v) is 16.3. The van der Waals surface area contributed by atoms with Gasteiger partial charge >= 0.3 is 12.4 Å².